The first-order valence-electron chi connectivity index (χ1n) is 7.41. The van der Waals surface area contributed by atoms with E-state index in [9.17, 15) is 0 Å². The maximum Gasteiger partial charge on any atom is 0.163 e. The van der Waals surface area contributed by atoms with Gasteiger partial charge in [-0.2, -0.15) is 0 Å². The zero-order valence-electron chi connectivity index (χ0n) is 12.2. The standard InChI is InChI=1S/C16H22N4/c1-11(2)13-3-5-14(6-4-13)16-19-18-15-9-12(10-17)7-8-20(15)16/h3-6,11-12H,7-10,17H2,1-2H3. The molecule has 1 aliphatic heterocycles. The van der Waals surface area contributed by atoms with Gasteiger partial charge in [-0.15, -0.1) is 10.2 Å². The van der Waals surface area contributed by atoms with Crippen LogP contribution in [0.5, 0.6) is 0 Å². The van der Waals surface area contributed by atoms with Gasteiger partial charge in [-0.3, -0.25) is 0 Å². The summed E-state index contributed by atoms with van der Waals surface area (Å²) in [5.74, 6) is 3.19. The first kappa shape index (κ1) is 13.3. The molecular weight excluding hydrogens is 248 g/mol. The molecule has 1 aromatic carbocycles. The van der Waals surface area contributed by atoms with E-state index < -0.39 is 0 Å². The van der Waals surface area contributed by atoms with Crippen LogP contribution in [0.25, 0.3) is 11.4 Å². The Kier molecular flexibility index (Phi) is 3.57. The van der Waals surface area contributed by atoms with Gasteiger partial charge in [0.2, 0.25) is 0 Å². The third-order valence-corrected chi connectivity index (χ3v) is 4.23. The summed E-state index contributed by atoms with van der Waals surface area (Å²) in [5.41, 5.74) is 8.27. The number of rotatable bonds is 3. The van der Waals surface area contributed by atoms with Gasteiger partial charge in [0.1, 0.15) is 5.82 Å². The van der Waals surface area contributed by atoms with E-state index in [1.807, 2.05) is 0 Å². The summed E-state index contributed by atoms with van der Waals surface area (Å²) in [6, 6.07) is 8.68. The van der Waals surface area contributed by atoms with Crippen molar-refractivity contribution in [2.24, 2.45) is 11.7 Å². The van der Waals surface area contributed by atoms with Crippen LogP contribution in [0.4, 0.5) is 0 Å². The minimum Gasteiger partial charge on any atom is -0.330 e. The summed E-state index contributed by atoms with van der Waals surface area (Å²) >= 11 is 0. The van der Waals surface area contributed by atoms with Crippen LogP contribution in [0.3, 0.4) is 0 Å². The molecule has 0 spiro atoms. The van der Waals surface area contributed by atoms with Crippen molar-refractivity contribution in [3.63, 3.8) is 0 Å². The van der Waals surface area contributed by atoms with E-state index in [0.29, 0.717) is 11.8 Å². The molecule has 0 fully saturated rings. The molecule has 0 saturated carbocycles. The largest absolute Gasteiger partial charge is 0.330 e. The van der Waals surface area contributed by atoms with E-state index in [0.717, 1.165) is 43.1 Å². The Hall–Kier alpha value is -1.68. The van der Waals surface area contributed by atoms with E-state index in [2.05, 4.69) is 52.9 Å². The number of hydrogen-bond donors (Lipinski definition) is 1. The minimum absolute atomic E-state index is 0.557. The second kappa shape index (κ2) is 5.37. The number of fused-ring (bicyclic) bond motifs is 1. The highest BCUT2D eigenvalue weighted by Crippen LogP contribution is 2.26. The van der Waals surface area contributed by atoms with E-state index >= 15 is 0 Å². The van der Waals surface area contributed by atoms with Crippen LogP contribution >= 0.6 is 0 Å². The lowest BCUT2D eigenvalue weighted by Gasteiger charge is -2.22. The topological polar surface area (TPSA) is 56.7 Å². The summed E-state index contributed by atoms with van der Waals surface area (Å²) < 4.78 is 2.25. The van der Waals surface area contributed by atoms with Crippen LogP contribution in [0.2, 0.25) is 0 Å². The average molecular weight is 270 g/mol. The maximum atomic E-state index is 5.77. The molecule has 0 amide bonds. The summed E-state index contributed by atoms with van der Waals surface area (Å²) in [4.78, 5) is 0. The first-order chi connectivity index (χ1) is 9.69. The lowest BCUT2D eigenvalue weighted by atomic mass is 9.97. The van der Waals surface area contributed by atoms with Gasteiger partial charge in [0.05, 0.1) is 0 Å². The number of nitrogens with two attached hydrogens (primary N) is 1. The number of nitrogens with zero attached hydrogens (tertiary/aromatic N) is 3. The molecule has 20 heavy (non-hydrogen) atoms. The normalized spacial score (nSPS) is 18.3. The van der Waals surface area contributed by atoms with E-state index in [1.165, 1.54) is 5.56 Å². The van der Waals surface area contributed by atoms with Crippen molar-refractivity contribution in [3.05, 3.63) is 35.7 Å². The Balaban J connectivity index is 1.90. The van der Waals surface area contributed by atoms with Crippen molar-refractivity contribution in [1.29, 1.82) is 0 Å². The molecule has 0 saturated heterocycles. The number of aromatic nitrogens is 3. The predicted molar refractivity (Wildman–Crippen MR) is 80.4 cm³/mol. The molecule has 1 aromatic heterocycles. The molecule has 0 bridgehead atoms. The third-order valence-electron chi connectivity index (χ3n) is 4.23. The van der Waals surface area contributed by atoms with Crippen molar-refractivity contribution < 1.29 is 0 Å². The molecule has 2 N–H and O–H groups in total. The minimum atomic E-state index is 0.557. The van der Waals surface area contributed by atoms with Gasteiger partial charge in [-0.05, 0) is 30.4 Å². The Morgan fingerprint density at radius 2 is 2.00 bits per heavy atom. The van der Waals surface area contributed by atoms with Crippen molar-refractivity contribution in [3.8, 4) is 11.4 Å². The average Bonchev–Trinajstić information content (AvgIpc) is 2.90. The van der Waals surface area contributed by atoms with Crippen molar-refractivity contribution >= 4 is 0 Å². The van der Waals surface area contributed by atoms with Gasteiger partial charge in [0.25, 0.3) is 0 Å². The van der Waals surface area contributed by atoms with E-state index in [-0.39, 0.29) is 0 Å². The van der Waals surface area contributed by atoms with Gasteiger partial charge in [-0.1, -0.05) is 38.1 Å². The van der Waals surface area contributed by atoms with Gasteiger partial charge < -0.3 is 10.3 Å². The second-order valence-electron chi connectivity index (χ2n) is 5.96. The van der Waals surface area contributed by atoms with Gasteiger partial charge in [-0.25, -0.2) is 0 Å². The predicted octanol–water partition coefficient (Wildman–Crippen LogP) is 2.59. The Labute approximate surface area is 120 Å². The summed E-state index contributed by atoms with van der Waals surface area (Å²) in [6.07, 6.45) is 2.08. The fraction of sp³-hybridized carbons (Fsp3) is 0.500. The Morgan fingerprint density at radius 1 is 1.25 bits per heavy atom. The first-order valence-corrected chi connectivity index (χ1v) is 7.41. The van der Waals surface area contributed by atoms with Crippen molar-refractivity contribution in [2.75, 3.05) is 6.54 Å². The van der Waals surface area contributed by atoms with Crippen LogP contribution in [-0.4, -0.2) is 21.3 Å². The summed E-state index contributed by atoms with van der Waals surface area (Å²) in [6.45, 7) is 6.14. The molecule has 1 aliphatic rings. The molecule has 3 rings (SSSR count). The van der Waals surface area contributed by atoms with Gasteiger partial charge >= 0.3 is 0 Å². The van der Waals surface area contributed by atoms with E-state index in [4.69, 9.17) is 5.73 Å². The molecule has 2 heterocycles. The monoisotopic (exact) mass is 270 g/mol. The van der Waals surface area contributed by atoms with Crippen molar-refractivity contribution in [1.82, 2.24) is 14.8 Å². The van der Waals surface area contributed by atoms with Crippen LogP contribution in [0.15, 0.2) is 24.3 Å². The third kappa shape index (κ3) is 2.36. The Morgan fingerprint density at radius 3 is 2.65 bits per heavy atom. The van der Waals surface area contributed by atoms with Crippen LogP contribution in [0.1, 0.15) is 37.6 Å². The summed E-state index contributed by atoms with van der Waals surface area (Å²) in [5, 5.41) is 8.73. The van der Waals surface area contributed by atoms with E-state index in [1.54, 1.807) is 0 Å². The van der Waals surface area contributed by atoms with Crippen LogP contribution < -0.4 is 5.73 Å². The highest BCUT2D eigenvalue weighted by molar-refractivity contribution is 5.56. The molecule has 0 aliphatic carbocycles. The van der Waals surface area contributed by atoms with Crippen molar-refractivity contribution in [2.45, 2.75) is 39.2 Å². The highest BCUT2D eigenvalue weighted by Gasteiger charge is 2.22. The molecule has 0 radical (unpaired) electrons. The molecule has 2 aromatic rings. The van der Waals surface area contributed by atoms with Gasteiger partial charge in [0, 0.05) is 18.5 Å². The van der Waals surface area contributed by atoms with Gasteiger partial charge in [0.15, 0.2) is 5.82 Å². The zero-order valence-corrected chi connectivity index (χ0v) is 12.2. The molecule has 106 valence electrons. The molecule has 4 nitrogen and oxygen atoms in total. The number of hydrogen-bond acceptors (Lipinski definition) is 3. The van der Waals surface area contributed by atoms with Crippen LogP contribution in [-0.2, 0) is 13.0 Å². The fourth-order valence-corrected chi connectivity index (χ4v) is 2.83. The fourth-order valence-electron chi connectivity index (χ4n) is 2.83. The SMILES string of the molecule is CC(C)c1ccc(-c2nnc3n2CCC(CN)C3)cc1. The quantitative estimate of drug-likeness (QED) is 0.932. The lowest BCUT2D eigenvalue weighted by Crippen LogP contribution is -2.25. The zero-order chi connectivity index (χ0) is 14.1. The molecule has 1 atom stereocenters. The Bertz CT molecular complexity index is 583. The molecule has 4 heteroatoms. The molecular formula is C16H22N4. The maximum absolute atomic E-state index is 5.77. The molecule has 1 unspecified atom stereocenters. The van der Waals surface area contributed by atoms with Crippen LogP contribution in [0, 0.1) is 5.92 Å². The summed E-state index contributed by atoms with van der Waals surface area (Å²) in [7, 11) is 0. The lowest BCUT2D eigenvalue weighted by molar-refractivity contribution is 0.391. The smallest absolute Gasteiger partial charge is 0.163 e. The number of benzene rings is 1. The highest BCUT2D eigenvalue weighted by atomic mass is 15.3. The second-order valence-corrected chi connectivity index (χ2v) is 5.96.